The van der Waals surface area contributed by atoms with E-state index in [2.05, 4.69) is 6.08 Å². The van der Waals surface area contributed by atoms with Crippen molar-refractivity contribution in [3.8, 4) is 11.5 Å². The number of ether oxygens (including phenoxy) is 3. The quantitative estimate of drug-likeness (QED) is 0.487. The Kier molecular flexibility index (Phi) is 7.13. The summed E-state index contributed by atoms with van der Waals surface area (Å²) in [6, 6.07) is 13.3. The molecule has 2 amide bonds. The third-order valence-electron chi connectivity index (χ3n) is 7.63. The van der Waals surface area contributed by atoms with Gasteiger partial charge in [0.15, 0.2) is 17.2 Å². The van der Waals surface area contributed by atoms with Crippen LogP contribution in [0.4, 0.5) is 5.69 Å². The van der Waals surface area contributed by atoms with Crippen LogP contribution in [0.5, 0.6) is 11.5 Å². The van der Waals surface area contributed by atoms with Gasteiger partial charge in [-0.05, 0) is 73.4 Å². The molecular weight excluding hydrogens is 508 g/mol. The van der Waals surface area contributed by atoms with Gasteiger partial charge in [0.05, 0.1) is 33.1 Å². The number of carbonyl (C=O) groups is 2. The lowest BCUT2D eigenvalue weighted by Gasteiger charge is -2.27. The van der Waals surface area contributed by atoms with E-state index < -0.39 is 0 Å². The fourth-order valence-electron chi connectivity index (χ4n) is 5.52. The number of fused-ring (bicyclic) bond motifs is 2. The van der Waals surface area contributed by atoms with Gasteiger partial charge in [0, 0.05) is 42.1 Å². The molecule has 2 aromatic carbocycles. The molecule has 9 heteroatoms. The van der Waals surface area contributed by atoms with Crippen molar-refractivity contribution in [1.82, 2.24) is 14.7 Å². The highest BCUT2D eigenvalue weighted by Crippen LogP contribution is 2.34. The van der Waals surface area contributed by atoms with Crippen molar-refractivity contribution >= 4 is 23.2 Å². The summed E-state index contributed by atoms with van der Waals surface area (Å²) in [4.78, 5) is 30.4. The van der Waals surface area contributed by atoms with Gasteiger partial charge in [-0.25, -0.2) is 4.68 Å². The topological polar surface area (TPSA) is 86.1 Å². The molecule has 0 N–H and O–H groups in total. The molecule has 1 aromatic heterocycles. The number of morpholine rings is 1. The maximum Gasteiger partial charge on any atom is 0.278 e. The fourth-order valence-corrected chi connectivity index (χ4v) is 5.52. The van der Waals surface area contributed by atoms with E-state index in [-0.39, 0.29) is 11.8 Å². The fraction of sp³-hybridized carbons (Fsp3) is 0.323. The number of benzene rings is 2. The van der Waals surface area contributed by atoms with E-state index in [4.69, 9.17) is 19.3 Å². The molecule has 0 spiro atoms. The van der Waals surface area contributed by atoms with Crippen LogP contribution in [0.2, 0.25) is 0 Å². The molecule has 0 bridgehead atoms. The van der Waals surface area contributed by atoms with Crippen LogP contribution in [0.3, 0.4) is 0 Å². The molecule has 4 heterocycles. The zero-order valence-electron chi connectivity index (χ0n) is 22.8. The number of anilines is 1. The molecule has 6 rings (SSSR count). The van der Waals surface area contributed by atoms with Crippen LogP contribution in [0.15, 0.2) is 60.7 Å². The number of aromatic nitrogens is 2. The first-order valence-electron chi connectivity index (χ1n) is 13.6. The summed E-state index contributed by atoms with van der Waals surface area (Å²) in [6.45, 7) is 2.87. The first kappa shape index (κ1) is 25.9. The number of methoxy groups -OCH3 is 2. The van der Waals surface area contributed by atoms with E-state index in [1.54, 1.807) is 19.1 Å². The highest BCUT2D eigenvalue weighted by Gasteiger charge is 2.30. The minimum atomic E-state index is -0.148. The Bertz CT molecular complexity index is 1520. The Morgan fingerprint density at radius 2 is 1.73 bits per heavy atom. The van der Waals surface area contributed by atoms with E-state index in [1.807, 2.05) is 64.2 Å². The molecule has 1 fully saturated rings. The maximum absolute atomic E-state index is 13.8. The number of amides is 2. The van der Waals surface area contributed by atoms with Gasteiger partial charge in [-0.1, -0.05) is 12.2 Å². The van der Waals surface area contributed by atoms with Gasteiger partial charge < -0.3 is 24.0 Å². The number of aryl methyl sites for hydroxylation is 1. The maximum atomic E-state index is 13.8. The third kappa shape index (κ3) is 4.77. The number of rotatable bonds is 5. The molecule has 3 aliphatic heterocycles. The van der Waals surface area contributed by atoms with Crippen LogP contribution in [0.1, 0.15) is 44.1 Å². The van der Waals surface area contributed by atoms with Gasteiger partial charge in [-0.3, -0.25) is 9.59 Å². The van der Waals surface area contributed by atoms with Gasteiger partial charge in [0.2, 0.25) is 0 Å². The zero-order chi connectivity index (χ0) is 27.6. The molecule has 1 saturated heterocycles. The van der Waals surface area contributed by atoms with Crippen molar-refractivity contribution in [3.63, 3.8) is 0 Å². The first-order chi connectivity index (χ1) is 19.6. The third-order valence-corrected chi connectivity index (χ3v) is 7.63. The van der Waals surface area contributed by atoms with Gasteiger partial charge in [0.1, 0.15) is 0 Å². The largest absolute Gasteiger partial charge is 0.493 e. The monoisotopic (exact) mass is 540 g/mol. The molecule has 0 atom stereocenters. The number of carbonyl (C=O) groups excluding carboxylic acids is 2. The summed E-state index contributed by atoms with van der Waals surface area (Å²) in [5.74, 6) is 1.13. The zero-order valence-corrected chi connectivity index (χ0v) is 22.8. The molecule has 0 unspecified atom stereocenters. The average Bonchev–Trinajstić information content (AvgIpc) is 3.60. The Morgan fingerprint density at radius 3 is 2.52 bits per heavy atom. The normalized spacial score (nSPS) is 18.6. The summed E-state index contributed by atoms with van der Waals surface area (Å²) >= 11 is 0. The first-order valence-corrected chi connectivity index (χ1v) is 13.6. The summed E-state index contributed by atoms with van der Waals surface area (Å²) in [6.07, 6.45) is 8.44. The average molecular weight is 541 g/mol. The molecule has 3 aromatic rings. The smallest absolute Gasteiger partial charge is 0.278 e. The molecule has 9 nitrogen and oxygen atoms in total. The number of nitrogens with zero attached hydrogens (tertiary/aromatic N) is 4. The summed E-state index contributed by atoms with van der Waals surface area (Å²) < 4.78 is 18.2. The highest BCUT2D eigenvalue weighted by atomic mass is 16.5. The summed E-state index contributed by atoms with van der Waals surface area (Å²) in [5.41, 5.74) is 5.58. The van der Waals surface area contributed by atoms with Gasteiger partial charge in [-0.2, -0.15) is 5.10 Å². The standard InChI is InChI=1S/C31H32N4O5/c1-38-28-11-9-21(19-29(28)39-2)27-7-5-3-4-6-24-20-25(32-35(24)27)31(37)34-13-12-22-18-23(8-10-26(22)34)30(36)33-14-16-40-17-15-33/h3,5,7-11,18-20H,4,6,12-17H2,1-2H3/b5-3-,27-7-. The van der Waals surface area contributed by atoms with Crippen molar-refractivity contribution in [3.05, 3.63) is 88.8 Å². The van der Waals surface area contributed by atoms with Crippen molar-refractivity contribution in [2.45, 2.75) is 19.3 Å². The molecule has 3 aliphatic rings. The molecule has 0 radical (unpaired) electrons. The lowest BCUT2D eigenvalue weighted by Crippen LogP contribution is -2.40. The molecule has 0 saturated carbocycles. The second-order valence-corrected chi connectivity index (χ2v) is 9.98. The SMILES string of the molecule is COc1ccc(/C2=C/C=C\CCc3cc(C(=O)N4CCc5cc(C(=O)N6CCOCC6)ccc54)nn32)cc1OC. The Morgan fingerprint density at radius 1 is 0.900 bits per heavy atom. The van der Waals surface area contributed by atoms with Crippen molar-refractivity contribution in [2.75, 3.05) is 52.0 Å². The molecule has 206 valence electrons. The van der Waals surface area contributed by atoms with Crippen LogP contribution in [0, 0.1) is 0 Å². The van der Waals surface area contributed by atoms with Crippen LogP contribution >= 0.6 is 0 Å². The van der Waals surface area contributed by atoms with E-state index in [1.165, 1.54) is 0 Å². The van der Waals surface area contributed by atoms with Crippen molar-refractivity contribution < 1.29 is 23.8 Å². The van der Waals surface area contributed by atoms with Crippen molar-refractivity contribution in [1.29, 1.82) is 0 Å². The van der Waals surface area contributed by atoms with Crippen LogP contribution < -0.4 is 14.4 Å². The summed E-state index contributed by atoms with van der Waals surface area (Å²) in [7, 11) is 3.22. The number of hydrogen-bond donors (Lipinski definition) is 0. The Balaban J connectivity index is 1.28. The van der Waals surface area contributed by atoms with E-state index in [0.29, 0.717) is 62.0 Å². The summed E-state index contributed by atoms with van der Waals surface area (Å²) in [5, 5.41) is 4.81. The van der Waals surface area contributed by atoms with Crippen LogP contribution in [-0.4, -0.2) is 73.6 Å². The number of hydrogen-bond acceptors (Lipinski definition) is 6. The predicted molar refractivity (Wildman–Crippen MR) is 151 cm³/mol. The van der Waals surface area contributed by atoms with Crippen LogP contribution in [0.25, 0.3) is 5.70 Å². The molecule has 0 aliphatic carbocycles. The van der Waals surface area contributed by atoms with Crippen LogP contribution in [-0.2, 0) is 17.6 Å². The Labute approximate surface area is 233 Å². The minimum absolute atomic E-state index is 0.00729. The lowest BCUT2D eigenvalue weighted by molar-refractivity contribution is 0.0303. The second-order valence-electron chi connectivity index (χ2n) is 9.98. The number of allylic oxidation sites excluding steroid dienone is 3. The van der Waals surface area contributed by atoms with Gasteiger partial charge in [0.25, 0.3) is 11.8 Å². The van der Waals surface area contributed by atoms with E-state index in [9.17, 15) is 9.59 Å². The minimum Gasteiger partial charge on any atom is -0.493 e. The van der Waals surface area contributed by atoms with Crippen molar-refractivity contribution in [2.24, 2.45) is 0 Å². The molecule has 40 heavy (non-hydrogen) atoms. The van der Waals surface area contributed by atoms with E-state index in [0.717, 1.165) is 41.0 Å². The predicted octanol–water partition coefficient (Wildman–Crippen LogP) is 3.97. The van der Waals surface area contributed by atoms with Gasteiger partial charge >= 0.3 is 0 Å². The van der Waals surface area contributed by atoms with Gasteiger partial charge in [-0.15, -0.1) is 0 Å². The molecular formula is C31H32N4O5. The second kappa shape index (κ2) is 11.0. The van der Waals surface area contributed by atoms with E-state index >= 15 is 0 Å². The Hall–Kier alpha value is -4.37. The highest BCUT2D eigenvalue weighted by molar-refractivity contribution is 6.06. The lowest BCUT2D eigenvalue weighted by atomic mass is 10.1.